The summed E-state index contributed by atoms with van der Waals surface area (Å²) in [6.45, 7) is 4.20. The molecule has 0 radical (unpaired) electrons. The number of rotatable bonds is 10. The number of alkyl halides is 2. The molecule has 0 atom stereocenters. The number of para-hydroxylation sites is 1. The van der Waals surface area contributed by atoms with Crippen LogP contribution in [0.5, 0.6) is 11.5 Å². The Morgan fingerprint density at radius 2 is 1.90 bits per heavy atom. The summed E-state index contributed by atoms with van der Waals surface area (Å²) in [5, 5.41) is 11.0. The number of aliphatic imine (C=N–C) groups is 1. The van der Waals surface area contributed by atoms with Gasteiger partial charge < -0.3 is 20.1 Å². The summed E-state index contributed by atoms with van der Waals surface area (Å²) in [5.41, 5.74) is 3.93. The van der Waals surface area contributed by atoms with E-state index in [-0.39, 0.29) is 18.0 Å². The van der Waals surface area contributed by atoms with Crippen molar-refractivity contribution in [3.8, 4) is 11.5 Å². The van der Waals surface area contributed by atoms with E-state index in [1.165, 1.54) is 5.69 Å². The average molecular weight is 424 g/mol. The first-order valence-corrected chi connectivity index (χ1v) is 10.1. The summed E-state index contributed by atoms with van der Waals surface area (Å²) in [7, 11) is 3.61. The van der Waals surface area contributed by atoms with E-state index in [1.807, 2.05) is 11.7 Å². The van der Waals surface area contributed by atoms with Gasteiger partial charge >= 0.3 is 6.61 Å². The van der Waals surface area contributed by atoms with Crippen LogP contribution >= 0.6 is 0 Å². The van der Waals surface area contributed by atoms with Crippen LogP contribution in [0.3, 0.4) is 0 Å². The van der Waals surface area contributed by atoms with Gasteiger partial charge in [0.1, 0.15) is 0 Å². The molecule has 0 bridgehead atoms. The number of nitrogens with one attached hydrogen (secondary N) is 2. The van der Waals surface area contributed by atoms with Crippen molar-refractivity contribution in [3.05, 3.63) is 40.7 Å². The van der Waals surface area contributed by atoms with E-state index in [0.717, 1.165) is 24.1 Å². The van der Waals surface area contributed by atoms with Crippen molar-refractivity contribution in [1.29, 1.82) is 0 Å². The highest BCUT2D eigenvalue weighted by Gasteiger charge is 2.17. The number of aromatic nitrogens is 2. The Morgan fingerprint density at radius 3 is 2.50 bits per heavy atom. The third-order valence-corrected chi connectivity index (χ3v) is 4.70. The molecular weight excluding hydrogens is 392 g/mol. The standard InChI is InChI=1S/C21H31F2N5O2/c1-6-16-15(17(7-2)28(5)27-16)13-26-21(24-4)25-12-14-10-9-11-18(29-8-3)19(14)30-20(22)23/h9-11,20H,6-8,12-13H2,1-5H3,(H2,24,25,26). The maximum absolute atomic E-state index is 12.9. The maximum Gasteiger partial charge on any atom is 0.387 e. The van der Waals surface area contributed by atoms with Crippen molar-refractivity contribution in [2.45, 2.75) is 53.3 Å². The van der Waals surface area contributed by atoms with E-state index in [9.17, 15) is 8.78 Å². The van der Waals surface area contributed by atoms with E-state index in [0.29, 0.717) is 24.7 Å². The number of nitrogens with zero attached hydrogens (tertiary/aromatic N) is 3. The molecule has 0 unspecified atom stereocenters. The van der Waals surface area contributed by atoms with Gasteiger partial charge in [0.2, 0.25) is 0 Å². The summed E-state index contributed by atoms with van der Waals surface area (Å²) in [4.78, 5) is 4.23. The number of benzene rings is 1. The Morgan fingerprint density at radius 1 is 1.17 bits per heavy atom. The molecule has 1 aromatic heterocycles. The second-order valence-electron chi connectivity index (χ2n) is 6.54. The molecule has 2 rings (SSSR count). The average Bonchev–Trinajstić information content (AvgIpc) is 3.04. The van der Waals surface area contributed by atoms with E-state index < -0.39 is 6.61 Å². The van der Waals surface area contributed by atoms with Crippen LogP contribution in [0.15, 0.2) is 23.2 Å². The predicted molar refractivity (Wildman–Crippen MR) is 113 cm³/mol. The van der Waals surface area contributed by atoms with Crippen LogP contribution in [0.25, 0.3) is 0 Å². The monoisotopic (exact) mass is 423 g/mol. The molecule has 0 spiro atoms. The van der Waals surface area contributed by atoms with Gasteiger partial charge in [-0.15, -0.1) is 0 Å². The van der Waals surface area contributed by atoms with Crippen LogP contribution in [-0.4, -0.2) is 36.0 Å². The van der Waals surface area contributed by atoms with E-state index in [1.54, 1.807) is 32.2 Å². The van der Waals surface area contributed by atoms with Gasteiger partial charge in [0.15, 0.2) is 17.5 Å². The van der Waals surface area contributed by atoms with Gasteiger partial charge in [0.25, 0.3) is 0 Å². The van der Waals surface area contributed by atoms with Crippen LogP contribution in [0.2, 0.25) is 0 Å². The summed E-state index contributed by atoms with van der Waals surface area (Å²) in [5.74, 6) is 0.870. The lowest BCUT2D eigenvalue weighted by atomic mass is 10.1. The second-order valence-corrected chi connectivity index (χ2v) is 6.54. The van der Waals surface area contributed by atoms with Crippen molar-refractivity contribution < 1.29 is 18.3 Å². The third-order valence-electron chi connectivity index (χ3n) is 4.70. The van der Waals surface area contributed by atoms with E-state index in [2.05, 4.69) is 34.6 Å². The fourth-order valence-electron chi connectivity index (χ4n) is 3.36. The minimum Gasteiger partial charge on any atom is -0.490 e. The summed E-state index contributed by atoms with van der Waals surface area (Å²) >= 11 is 0. The van der Waals surface area contributed by atoms with Gasteiger partial charge in [-0.3, -0.25) is 9.67 Å². The largest absolute Gasteiger partial charge is 0.490 e. The molecule has 0 fully saturated rings. The molecule has 1 heterocycles. The van der Waals surface area contributed by atoms with Crippen molar-refractivity contribution in [2.75, 3.05) is 13.7 Å². The van der Waals surface area contributed by atoms with Crippen LogP contribution in [0.1, 0.15) is 43.3 Å². The molecule has 9 heteroatoms. The first-order valence-electron chi connectivity index (χ1n) is 10.1. The quantitative estimate of drug-likeness (QED) is 0.453. The minimum atomic E-state index is -2.94. The lowest BCUT2D eigenvalue weighted by Crippen LogP contribution is -2.36. The molecule has 2 aromatic rings. The number of hydrogen-bond donors (Lipinski definition) is 2. The van der Waals surface area contributed by atoms with Crippen LogP contribution < -0.4 is 20.1 Å². The van der Waals surface area contributed by atoms with Gasteiger partial charge in [0, 0.05) is 44.0 Å². The molecular formula is C21H31F2N5O2. The highest BCUT2D eigenvalue weighted by Crippen LogP contribution is 2.32. The number of hydrogen-bond acceptors (Lipinski definition) is 4. The zero-order valence-electron chi connectivity index (χ0n) is 18.3. The van der Waals surface area contributed by atoms with Gasteiger partial charge in [0.05, 0.1) is 12.3 Å². The SMILES string of the molecule is CCOc1cccc(CNC(=NC)NCc2c(CC)nn(C)c2CC)c1OC(F)F. The Kier molecular flexibility index (Phi) is 8.89. The molecule has 0 aliphatic heterocycles. The number of aryl methyl sites for hydroxylation is 2. The Bertz CT molecular complexity index is 852. The van der Waals surface area contributed by atoms with Crippen LogP contribution in [-0.2, 0) is 33.0 Å². The van der Waals surface area contributed by atoms with Crippen molar-refractivity contribution in [2.24, 2.45) is 12.0 Å². The van der Waals surface area contributed by atoms with Crippen molar-refractivity contribution in [3.63, 3.8) is 0 Å². The Hall–Kier alpha value is -2.84. The Labute approximate surface area is 176 Å². The lowest BCUT2D eigenvalue weighted by molar-refractivity contribution is -0.0520. The third kappa shape index (κ3) is 5.84. The van der Waals surface area contributed by atoms with E-state index >= 15 is 0 Å². The molecule has 2 N–H and O–H groups in total. The fraction of sp³-hybridized carbons (Fsp3) is 0.524. The minimum absolute atomic E-state index is 0.0334. The summed E-state index contributed by atoms with van der Waals surface area (Å²) in [6, 6.07) is 5.07. The maximum atomic E-state index is 12.9. The normalized spacial score (nSPS) is 11.7. The van der Waals surface area contributed by atoms with Crippen molar-refractivity contribution in [1.82, 2.24) is 20.4 Å². The molecule has 0 aliphatic carbocycles. The first kappa shape index (κ1) is 23.4. The zero-order chi connectivity index (χ0) is 22.1. The summed E-state index contributed by atoms with van der Waals surface area (Å²) in [6.07, 6.45) is 1.72. The van der Waals surface area contributed by atoms with Crippen LogP contribution in [0.4, 0.5) is 8.78 Å². The molecule has 30 heavy (non-hydrogen) atoms. The highest BCUT2D eigenvalue weighted by molar-refractivity contribution is 5.79. The summed E-state index contributed by atoms with van der Waals surface area (Å²) < 4.78 is 37.9. The predicted octanol–water partition coefficient (Wildman–Crippen LogP) is 3.41. The van der Waals surface area contributed by atoms with Gasteiger partial charge in [-0.1, -0.05) is 26.0 Å². The molecule has 0 amide bonds. The smallest absolute Gasteiger partial charge is 0.387 e. The molecule has 0 saturated carbocycles. The zero-order valence-corrected chi connectivity index (χ0v) is 18.3. The second kappa shape index (κ2) is 11.4. The number of ether oxygens (including phenoxy) is 2. The van der Waals surface area contributed by atoms with Gasteiger partial charge in [-0.2, -0.15) is 13.9 Å². The Balaban J connectivity index is 2.11. The fourth-order valence-corrected chi connectivity index (χ4v) is 3.36. The molecule has 7 nitrogen and oxygen atoms in total. The number of guanidine groups is 1. The topological polar surface area (TPSA) is 72.7 Å². The lowest BCUT2D eigenvalue weighted by Gasteiger charge is -2.17. The highest BCUT2D eigenvalue weighted by atomic mass is 19.3. The van der Waals surface area contributed by atoms with Crippen LogP contribution in [0, 0.1) is 0 Å². The first-order chi connectivity index (χ1) is 14.4. The van der Waals surface area contributed by atoms with E-state index in [4.69, 9.17) is 9.47 Å². The molecule has 0 aliphatic rings. The van der Waals surface area contributed by atoms with Crippen molar-refractivity contribution >= 4 is 5.96 Å². The van der Waals surface area contributed by atoms with Gasteiger partial charge in [-0.05, 0) is 25.8 Å². The van der Waals surface area contributed by atoms with Gasteiger partial charge in [-0.25, -0.2) is 0 Å². The molecule has 0 saturated heterocycles. The molecule has 1 aromatic carbocycles. The number of halogens is 2. The molecule has 166 valence electrons.